The monoisotopic (exact) mass is 274 g/mol. The van der Waals surface area contributed by atoms with Gasteiger partial charge in [-0.3, -0.25) is 9.52 Å². The van der Waals surface area contributed by atoms with E-state index >= 15 is 0 Å². The molecule has 1 aromatic heterocycles. The van der Waals surface area contributed by atoms with E-state index in [1.807, 2.05) is 4.72 Å². The molecule has 0 radical (unpaired) electrons. The van der Waals surface area contributed by atoms with Crippen molar-refractivity contribution in [2.75, 3.05) is 17.6 Å². The molecule has 0 aliphatic heterocycles. The van der Waals surface area contributed by atoms with E-state index in [1.165, 1.54) is 12.1 Å². The number of carboxylic acids is 1. The zero-order valence-corrected chi connectivity index (χ0v) is 10.1. The topological polar surface area (TPSA) is 123 Å². The van der Waals surface area contributed by atoms with Gasteiger partial charge in [-0.25, -0.2) is 18.2 Å². The second-order valence-corrected chi connectivity index (χ2v) is 4.90. The van der Waals surface area contributed by atoms with Crippen LogP contribution in [0.15, 0.2) is 18.3 Å². The average molecular weight is 274 g/mol. The Labute approximate surface area is 103 Å². The summed E-state index contributed by atoms with van der Waals surface area (Å²) in [6.07, 6.45) is 0.998. The average Bonchev–Trinajstić information content (AvgIpc) is 2.28. The van der Waals surface area contributed by atoms with Gasteiger partial charge in [0.15, 0.2) is 5.75 Å². The molecule has 0 bridgehead atoms. The fourth-order valence-corrected chi connectivity index (χ4v) is 1.93. The lowest BCUT2D eigenvalue weighted by molar-refractivity contribution is -0.137. The van der Waals surface area contributed by atoms with E-state index < -0.39 is 27.7 Å². The third kappa shape index (κ3) is 4.01. The van der Waals surface area contributed by atoms with Crippen molar-refractivity contribution >= 4 is 27.8 Å². The Bertz CT molecular complexity index is 551. The molecule has 1 heterocycles. The molecule has 1 rings (SSSR count). The van der Waals surface area contributed by atoms with Crippen LogP contribution in [0.25, 0.3) is 0 Å². The van der Waals surface area contributed by atoms with E-state index in [4.69, 9.17) is 5.11 Å². The first-order valence-electron chi connectivity index (χ1n) is 4.61. The molecule has 8 nitrogen and oxygen atoms in total. The van der Waals surface area contributed by atoms with Gasteiger partial charge < -0.3 is 9.84 Å². The highest BCUT2D eigenvalue weighted by molar-refractivity contribution is 7.93. The smallest absolute Gasteiger partial charge is 0.337 e. The Balaban J connectivity index is 2.78. The molecule has 0 unspecified atom stereocenters. The summed E-state index contributed by atoms with van der Waals surface area (Å²) in [4.78, 5) is 25.0. The minimum Gasteiger partial charge on any atom is -0.478 e. The fraction of sp³-hybridized carbons (Fsp3) is 0.222. The second-order valence-electron chi connectivity index (χ2n) is 3.17. The van der Waals surface area contributed by atoms with Crippen LogP contribution in [0.4, 0.5) is 5.82 Å². The quantitative estimate of drug-likeness (QED) is 0.706. The maximum atomic E-state index is 11.4. The van der Waals surface area contributed by atoms with Gasteiger partial charge in [-0.1, -0.05) is 0 Å². The number of carboxylic acid groups (broad SMARTS) is 1. The van der Waals surface area contributed by atoms with Crippen LogP contribution in [0.2, 0.25) is 0 Å². The highest BCUT2D eigenvalue weighted by Gasteiger charge is 2.17. The van der Waals surface area contributed by atoms with Gasteiger partial charge in [0.1, 0.15) is 5.82 Å². The van der Waals surface area contributed by atoms with Crippen LogP contribution >= 0.6 is 0 Å². The molecular formula is C9H10N2O6S. The molecule has 0 aliphatic rings. The summed E-state index contributed by atoms with van der Waals surface area (Å²) in [7, 11) is -2.85. The van der Waals surface area contributed by atoms with Crippen molar-refractivity contribution in [3.8, 4) is 0 Å². The van der Waals surface area contributed by atoms with Gasteiger partial charge in [0, 0.05) is 6.20 Å². The van der Waals surface area contributed by atoms with Crippen LogP contribution in [0.3, 0.4) is 0 Å². The number of esters is 1. The molecule has 0 saturated carbocycles. The molecular weight excluding hydrogens is 264 g/mol. The summed E-state index contributed by atoms with van der Waals surface area (Å²) in [5, 5.41) is 8.62. The maximum absolute atomic E-state index is 11.4. The van der Waals surface area contributed by atoms with Crippen LogP contribution in [-0.2, 0) is 19.6 Å². The van der Waals surface area contributed by atoms with Gasteiger partial charge in [0.25, 0.3) is 0 Å². The molecule has 1 aromatic rings. The van der Waals surface area contributed by atoms with E-state index in [0.29, 0.717) is 0 Å². The Morgan fingerprint density at radius 1 is 1.44 bits per heavy atom. The van der Waals surface area contributed by atoms with Crippen molar-refractivity contribution in [2.45, 2.75) is 0 Å². The van der Waals surface area contributed by atoms with Crippen LogP contribution < -0.4 is 4.72 Å². The van der Waals surface area contributed by atoms with E-state index in [1.54, 1.807) is 0 Å². The zero-order valence-electron chi connectivity index (χ0n) is 9.28. The number of methoxy groups -OCH3 is 1. The number of aromatic nitrogens is 1. The molecule has 0 atom stereocenters. The molecule has 9 heteroatoms. The number of anilines is 1. The lowest BCUT2D eigenvalue weighted by atomic mass is 10.3. The van der Waals surface area contributed by atoms with Gasteiger partial charge in [0.2, 0.25) is 10.0 Å². The summed E-state index contributed by atoms with van der Waals surface area (Å²) in [6.45, 7) is 0. The lowest BCUT2D eigenvalue weighted by Gasteiger charge is -2.06. The lowest BCUT2D eigenvalue weighted by Crippen LogP contribution is -2.24. The predicted molar refractivity (Wildman–Crippen MR) is 60.6 cm³/mol. The van der Waals surface area contributed by atoms with Crippen molar-refractivity contribution in [3.63, 3.8) is 0 Å². The zero-order chi connectivity index (χ0) is 13.8. The molecule has 2 N–H and O–H groups in total. The van der Waals surface area contributed by atoms with Crippen LogP contribution in [0.1, 0.15) is 10.4 Å². The van der Waals surface area contributed by atoms with Gasteiger partial charge in [-0.2, -0.15) is 0 Å². The number of nitrogens with zero attached hydrogens (tertiary/aromatic N) is 1. The van der Waals surface area contributed by atoms with Gasteiger partial charge in [0.05, 0.1) is 12.7 Å². The number of ether oxygens (including phenoxy) is 1. The summed E-state index contributed by atoms with van der Waals surface area (Å²) < 4.78 is 29.1. The SMILES string of the molecule is COC(=O)CS(=O)(=O)Nc1ccc(C(=O)O)cn1. The normalized spacial score (nSPS) is 10.7. The number of hydrogen-bond acceptors (Lipinski definition) is 6. The van der Waals surface area contributed by atoms with Gasteiger partial charge >= 0.3 is 11.9 Å². The third-order valence-electron chi connectivity index (χ3n) is 1.81. The predicted octanol–water partition coefficient (Wildman–Crippen LogP) is -0.306. The standard InChI is InChI=1S/C9H10N2O6S/c1-17-8(12)5-18(15,16)11-7-3-2-6(4-10-7)9(13)14/h2-4H,5H2,1H3,(H,10,11)(H,13,14). The van der Waals surface area contributed by atoms with Gasteiger partial charge in [-0.15, -0.1) is 0 Å². The van der Waals surface area contributed by atoms with Crippen molar-refractivity contribution in [1.29, 1.82) is 0 Å². The first kappa shape index (κ1) is 13.9. The third-order valence-corrected chi connectivity index (χ3v) is 2.94. The van der Waals surface area contributed by atoms with Crippen molar-refractivity contribution in [2.24, 2.45) is 0 Å². The van der Waals surface area contributed by atoms with E-state index in [0.717, 1.165) is 13.3 Å². The minimum absolute atomic E-state index is 0.0779. The van der Waals surface area contributed by atoms with Crippen LogP contribution in [-0.4, -0.2) is 43.3 Å². The Hall–Kier alpha value is -2.16. The Kier molecular flexibility index (Phi) is 4.21. The highest BCUT2D eigenvalue weighted by Crippen LogP contribution is 2.07. The minimum atomic E-state index is -3.91. The number of carbonyl (C=O) groups excluding carboxylic acids is 1. The Morgan fingerprint density at radius 3 is 2.56 bits per heavy atom. The summed E-state index contributed by atoms with van der Waals surface area (Å²) in [6, 6.07) is 2.36. The number of rotatable bonds is 5. The molecule has 98 valence electrons. The maximum Gasteiger partial charge on any atom is 0.337 e. The fourth-order valence-electron chi connectivity index (χ4n) is 0.990. The van der Waals surface area contributed by atoms with E-state index in [2.05, 4.69) is 9.72 Å². The van der Waals surface area contributed by atoms with Crippen molar-refractivity contribution < 1.29 is 27.9 Å². The number of aromatic carboxylic acids is 1. The highest BCUT2D eigenvalue weighted by atomic mass is 32.2. The molecule has 0 aromatic carbocycles. The van der Waals surface area contributed by atoms with Crippen LogP contribution in [0, 0.1) is 0 Å². The molecule has 0 spiro atoms. The van der Waals surface area contributed by atoms with Crippen molar-refractivity contribution in [3.05, 3.63) is 23.9 Å². The first-order chi connectivity index (χ1) is 8.34. The largest absolute Gasteiger partial charge is 0.478 e. The number of pyridine rings is 1. The number of carbonyl (C=O) groups is 2. The molecule has 18 heavy (non-hydrogen) atoms. The van der Waals surface area contributed by atoms with E-state index in [9.17, 15) is 18.0 Å². The molecule has 0 aliphatic carbocycles. The number of hydrogen-bond donors (Lipinski definition) is 2. The summed E-state index contributed by atoms with van der Waals surface area (Å²) in [5.74, 6) is -3.01. The molecule has 0 saturated heterocycles. The first-order valence-corrected chi connectivity index (χ1v) is 6.26. The molecule has 0 fully saturated rings. The Morgan fingerprint density at radius 2 is 2.11 bits per heavy atom. The second kappa shape index (κ2) is 5.45. The van der Waals surface area contributed by atoms with Crippen molar-refractivity contribution in [1.82, 2.24) is 4.98 Å². The van der Waals surface area contributed by atoms with Crippen LogP contribution in [0.5, 0.6) is 0 Å². The number of sulfonamides is 1. The van der Waals surface area contributed by atoms with E-state index in [-0.39, 0.29) is 11.4 Å². The van der Waals surface area contributed by atoms with Gasteiger partial charge in [-0.05, 0) is 12.1 Å². The summed E-state index contributed by atoms with van der Waals surface area (Å²) >= 11 is 0. The molecule has 0 amide bonds. The number of nitrogens with one attached hydrogen (secondary N) is 1. The summed E-state index contributed by atoms with van der Waals surface area (Å²) in [5.41, 5.74) is -0.0779.